The Labute approximate surface area is 156 Å². The standard InChI is InChI=1S/C20H18N2O3S/c1-4-24-19(23)20(2,3)26-16-10-9-15-18(25-12-22-15)17(16)14-7-5-13(11-21)6-8-14/h5-10,12H,4H2,1-3H3. The fourth-order valence-corrected chi connectivity index (χ4v) is 3.74. The Balaban J connectivity index is 2.11. The molecule has 3 aromatic rings. The number of thioether (sulfide) groups is 1. The van der Waals surface area contributed by atoms with Crippen LogP contribution in [-0.2, 0) is 9.53 Å². The van der Waals surface area contributed by atoms with Gasteiger partial charge in [0, 0.05) is 10.5 Å². The van der Waals surface area contributed by atoms with Crippen LogP contribution in [-0.4, -0.2) is 22.3 Å². The van der Waals surface area contributed by atoms with Gasteiger partial charge in [0.15, 0.2) is 12.0 Å². The lowest BCUT2D eigenvalue weighted by Gasteiger charge is -2.23. The number of hydrogen-bond acceptors (Lipinski definition) is 6. The summed E-state index contributed by atoms with van der Waals surface area (Å²) >= 11 is 1.42. The maximum atomic E-state index is 12.3. The van der Waals surface area contributed by atoms with Crippen LogP contribution in [0.2, 0.25) is 0 Å². The highest BCUT2D eigenvalue weighted by Crippen LogP contribution is 2.42. The predicted octanol–water partition coefficient (Wildman–Crippen LogP) is 4.80. The summed E-state index contributed by atoms with van der Waals surface area (Å²) in [5.74, 6) is -0.270. The SMILES string of the molecule is CCOC(=O)C(C)(C)Sc1ccc2ncoc2c1-c1ccc(C#N)cc1. The van der Waals surface area contributed by atoms with Gasteiger partial charge in [-0.1, -0.05) is 12.1 Å². The molecular formula is C20H18N2O3S. The summed E-state index contributed by atoms with van der Waals surface area (Å²) < 4.78 is 10.1. The van der Waals surface area contributed by atoms with Crippen LogP contribution >= 0.6 is 11.8 Å². The van der Waals surface area contributed by atoms with Gasteiger partial charge in [-0.3, -0.25) is 4.79 Å². The van der Waals surface area contributed by atoms with Gasteiger partial charge in [0.2, 0.25) is 0 Å². The molecule has 0 N–H and O–H groups in total. The number of carbonyl (C=O) groups excluding carboxylic acids is 1. The van der Waals surface area contributed by atoms with Gasteiger partial charge in [-0.15, -0.1) is 11.8 Å². The molecule has 0 aliphatic carbocycles. The lowest BCUT2D eigenvalue weighted by Crippen LogP contribution is -2.30. The van der Waals surface area contributed by atoms with Crippen molar-refractivity contribution in [2.24, 2.45) is 0 Å². The molecule has 0 atom stereocenters. The van der Waals surface area contributed by atoms with Crippen molar-refractivity contribution in [3.63, 3.8) is 0 Å². The lowest BCUT2D eigenvalue weighted by atomic mass is 10.0. The van der Waals surface area contributed by atoms with Crippen molar-refractivity contribution in [2.45, 2.75) is 30.4 Å². The number of ether oxygens (including phenoxy) is 1. The van der Waals surface area contributed by atoms with Crippen molar-refractivity contribution < 1.29 is 13.9 Å². The highest BCUT2D eigenvalue weighted by atomic mass is 32.2. The van der Waals surface area contributed by atoms with Crippen LogP contribution < -0.4 is 0 Å². The van der Waals surface area contributed by atoms with E-state index in [1.54, 1.807) is 19.1 Å². The molecule has 26 heavy (non-hydrogen) atoms. The fraction of sp³-hybridized carbons (Fsp3) is 0.250. The quantitative estimate of drug-likeness (QED) is 0.477. The highest BCUT2D eigenvalue weighted by Gasteiger charge is 2.32. The average molecular weight is 366 g/mol. The zero-order chi connectivity index (χ0) is 18.7. The maximum absolute atomic E-state index is 12.3. The minimum Gasteiger partial charge on any atom is -0.465 e. The van der Waals surface area contributed by atoms with Gasteiger partial charge in [-0.25, -0.2) is 4.98 Å². The van der Waals surface area contributed by atoms with Gasteiger partial charge in [-0.05, 0) is 50.6 Å². The molecule has 0 saturated heterocycles. The molecule has 0 spiro atoms. The zero-order valence-electron chi connectivity index (χ0n) is 14.8. The zero-order valence-corrected chi connectivity index (χ0v) is 15.6. The Bertz CT molecular complexity index is 984. The number of carbonyl (C=O) groups is 1. The van der Waals surface area contributed by atoms with Gasteiger partial charge in [0.05, 0.1) is 18.2 Å². The molecule has 0 aliphatic heterocycles. The third-order valence-corrected chi connectivity index (χ3v) is 5.13. The summed E-state index contributed by atoms with van der Waals surface area (Å²) in [6.45, 7) is 5.81. The summed E-state index contributed by atoms with van der Waals surface area (Å²) in [6.07, 6.45) is 1.41. The van der Waals surface area contributed by atoms with E-state index in [9.17, 15) is 4.79 Å². The summed E-state index contributed by atoms with van der Waals surface area (Å²) in [5, 5.41) is 9.02. The first-order chi connectivity index (χ1) is 12.5. The van der Waals surface area contributed by atoms with Crippen molar-refractivity contribution >= 4 is 28.8 Å². The molecule has 0 fully saturated rings. The number of esters is 1. The third-order valence-electron chi connectivity index (χ3n) is 3.90. The van der Waals surface area contributed by atoms with Gasteiger partial charge in [-0.2, -0.15) is 5.26 Å². The Hall–Kier alpha value is -2.78. The molecule has 0 saturated carbocycles. The van der Waals surface area contributed by atoms with Crippen LogP contribution in [0.1, 0.15) is 26.3 Å². The molecule has 3 rings (SSSR count). The van der Waals surface area contributed by atoms with Crippen molar-refractivity contribution in [2.75, 3.05) is 6.61 Å². The Kier molecular flexibility index (Phi) is 5.01. The highest BCUT2D eigenvalue weighted by molar-refractivity contribution is 8.01. The van der Waals surface area contributed by atoms with E-state index in [2.05, 4.69) is 11.1 Å². The van der Waals surface area contributed by atoms with Crippen LogP contribution in [0.15, 0.2) is 52.1 Å². The fourth-order valence-electron chi connectivity index (χ4n) is 2.60. The maximum Gasteiger partial charge on any atom is 0.321 e. The second-order valence-electron chi connectivity index (χ2n) is 6.16. The largest absolute Gasteiger partial charge is 0.465 e. The van der Waals surface area contributed by atoms with Crippen LogP contribution in [0.25, 0.3) is 22.2 Å². The minimum atomic E-state index is -0.759. The minimum absolute atomic E-state index is 0.270. The molecule has 0 bridgehead atoms. The normalized spacial score (nSPS) is 11.3. The molecule has 0 aliphatic rings. The third kappa shape index (κ3) is 3.44. The summed E-state index contributed by atoms with van der Waals surface area (Å²) in [7, 11) is 0. The topological polar surface area (TPSA) is 76.1 Å². The smallest absolute Gasteiger partial charge is 0.321 e. The molecule has 1 aromatic heterocycles. The number of nitriles is 1. The molecular weight excluding hydrogens is 348 g/mol. The summed E-state index contributed by atoms with van der Waals surface area (Å²) in [5.41, 5.74) is 3.72. The number of hydrogen-bond donors (Lipinski definition) is 0. The second kappa shape index (κ2) is 7.22. The Morgan fingerprint density at radius 3 is 2.65 bits per heavy atom. The molecule has 0 radical (unpaired) electrons. The average Bonchev–Trinajstić information content (AvgIpc) is 3.10. The number of rotatable bonds is 5. The van der Waals surface area contributed by atoms with E-state index in [-0.39, 0.29) is 5.97 Å². The molecule has 0 amide bonds. The van der Waals surface area contributed by atoms with Crippen LogP contribution in [0, 0.1) is 11.3 Å². The first-order valence-corrected chi connectivity index (χ1v) is 9.01. The van der Waals surface area contributed by atoms with Crippen LogP contribution in [0.5, 0.6) is 0 Å². The first kappa shape index (κ1) is 18.0. The van der Waals surface area contributed by atoms with Crippen molar-refractivity contribution in [1.29, 1.82) is 5.26 Å². The van der Waals surface area contributed by atoms with E-state index in [0.29, 0.717) is 17.8 Å². The van der Waals surface area contributed by atoms with E-state index < -0.39 is 4.75 Å². The number of fused-ring (bicyclic) bond motifs is 1. The number of aromatic nitrogens is 1. The van der Waals surface area contributed by atoms with E-state index >= 15 is 0 Å². The van der Waals surface area contributed by atoms with E-state index in [1.165, 1.54) is 18.2 Å². The van der Waals surface area contributed by atoms with Gasteiger partial charge >= 0.3 is 5.97 Å². The van der Waals surface area contributed by atoms with Crippen LogP contribution in [0.4, 0.5) is 0 Å². The van der Waals surface area contributed by atoms with Gasteiger partial charge in [0.25, 0.3) is 0 Å². The predicted molar refractivity (Wildman–Crippen MR) is 101 cm³/mol. The summed E-state index contributed by atoms with van der Waals surface area (Å²) in [6, 6.07) is 13.2. The number of benzene rings is 2. The van der Waals surface area contributed by atoms with Crippen molar-refractivity contribution in [1.82, 2.24) is 4.98 Å². The van der Waals surface area contributed by atoms with Crippen LogP contribution in [0.3, 0.4) is 0 Å². The molecule has 5 nitrogen and oxygen atoms in total. The van der Waals surface area contributed by atoms with E-state index in [0.717, 1.165) is 21.5 Å². The van der Waals surface area contributed by atoms with Crippen molar-refractivity contribution in [3.8, 4) is 17.2 Å². The number of oxazole rings is 1. The first-order valence-electron chi connectivity index (χ1n) is 8.19. The Morgan fingerprint density at radius 2 is 2.00 bits per heavy atom. The van der Waals surface area contributed by atoms with Gasteiger partial charge in [0.1, 0.15) is 10.3 Å². The van der Waals surface area contributed by atoms with Crippen molar-refractivity contribution in [3.05, 3.63) is 48.4 Å². The van der Waals surface area contributed by atoms with E-state index in [1.807, 2.05) is 38.1 Å². The molecule has 132 valence electrons. The number of nitrogens with zero attached hydrogens (tertiary/aromatic N) is 2. The van der Waals surface area contributed by atoms with E-state index in [4.69, 9.17) is 14.4 Å². The molecule has 6 heteroatoms. The molecule has 2 aromatic carbocycles. The molecule has 1 heterocycles. The second-order valence-corrected chi connectivity index (χ2v) is 7.83. The monoisotopic (exact) mass is 366 g/mol. The lowest BCUT2D eigenvalue weighted by molar-refractivity contribution is -0.145. The van der Waals surface area contributed by atoms with Gasteiger partial charge < -0.3 is 9.15 Å². The Morgan fingerprint density at radius 1 is 1.27 bits per heavy atom. The summed E-state index contributed by atoms with van der Waals surface area (Å²) in [4.78, 5) is 17.4. The molecule has 0 unspecified atom stereocenters.